The van der Waals surface area contributed by atoms with Crippen LogP contribution in [0.1, 0.15) is 23.6 Å². The zero-order chi connectivity index (χ0) is 23.4. The van der Waals surface area contributed by atoms with E-state index in [-0.39, 0.29) is 30.6 Å². The molecule has 0 radical (unpaired) electrons. The molecule has 0 aliphatic carbocycles. The third-order valence-electron chi connectivity index (χ3n) is 5.80. The van der Waals surface area contributed by atoms with Crippen molar-refractivity contribution in [1.29, 1.82) is 0 Å². The number of hydrogen-bond acceptors (Lipinski definition) is 4. The first-order valence-electron chi connectivity index (χ1n) is 10.6. The van der Waals surface area contributed by atoms with E-state index in [0.717, 1.165) is 11.1 Å². The highest BCUT2D eigenvalue weighted by Gasteiger charge is 2.37. The Labute approximate surface area is 191 Å². The molecule has 4 rings (SSSR count). The van der Waals surface area contributed by atoms with Gasteiger partial charge in [0.05, 0.1) is 31.9 Å². The number of methoxy groups -OCH3 is 2. The van der Waals surface area contributed by atoms with Gasteiger partial charge >= 0.3 is 0 Å². The summed E-state index contributed by atoms with van der Waals surface area (Å²) in [6.07, 6.45) is 0.0805. The fourth-order valence-electron chi connectivity index (χ4n) is 4.04. The lowest BCUT2D eigenvalue weighted by Crippen LogP contribution is -2.36. The third-order valence-corrected chi connectivity index (χ3v) is 5.80. The van der Waals surface area contributed by atoms with Crippen molar-refractivity contribution in [2.45, 2.75) is 12.5 Å². The summed E-state index contributed by atoms with van der Waals surface area (Å²) in [6.45, 7) is 0.221. The van der Waals surface area contributed by atoms with Gasteiger partial charge in [-0.05, 0) is 35.4 Å². The number of amides is 2. The van der Waals surface area contributed by atoms with Crippen molar-refractivity contribution in [2.24, 2.45) is 5.92 Å². The van der Waals surface area contributed by atoms with Crippen LogP contribution in [0, 0.1) is 11.7 Å². The molecule has 6 nitrogen and oxygen atoms in total. The van der Waals surface area contributed by atoms with E-state index >= 15 is 0 Å². The molecule has 2 amide bonds. The molecule has 3 aromatic carbocycles. The van der Waals surface area contributed by atoms with Crippen LogP contribution >= 0.6 is 0 Å². The number of hydrogen-bond donors (Lipinski definition) is 1. The zero-order valence-corrected chi connectivity index (χ0v) is 18.5. The first-order chi connectivity index (χ1) is 16.0. The van der Waals surface area contributed by atoms with Gasteiger partial charge in [-0.25, -0.2) is 4.39 Å². The van der Waals surface area contributed by atoms with Crippen LogP contribution in [0.3, 0.4) is 0 Å². The SMILES string of the molecule is COc1ccc(OC)c(N2CC(C(=O)NC(c3ccccc3)c3ccc(F)cc3)CC2=O)c1. The second kappa shape index (κ2) is 9.73. The minimum Gasteiger partial charge on any atom is -0.497 e. The van der Waals surface area contributed by atoms with Gasteiger partial charge in [0.2, 0.25) is 11.8 Å². The molecule has 33 heavy (non-hydrogen) atoms. The van der Waals surface area contributed by atoms with Crippen molar-refractivity contribution in [2.75, 3.05) is 25.7 Å². The van der Waals surface area contributed by atoms with Gasteiger partial charge in [0.1, 0.15) is 17.3 Å². The first kappa shape index (κ1) is 22.3. The molecule has 1 heterocycles. The standard InChI is InChI=1S/C26H25FN2O4/c1-32-21-12-13-23(33-2)22(15-21)29-16-19(14-24(29)30)26(31)28-25(17-6-4-3-5-7-17)18-8-10-20(27)11-9-18/h3-13,15,19,25H,14,16H2,1-2H3,(H,28,31). The van der Waals surface area contributed by atoms with Gasteiger partial charge in [-0.2, -0.15) is 0 Å². The maximum atomic E-state index is 13.5. The Morgan fingerprint density at radius 3 is 2.36 bits per heavy atom. The number of carbonyl (C=O) groups excluding carboxylic acids is 2. The largest absolute Gasteiger partial charge is 0.497 e. The van der Waals surface area contributed by atoms with Gasteiger partial charge in [0.25, 0.3) is 0 Å². The van der Waals surface area contributed by atoms with Gasteiger partial charge in [0, 0.05) is 19.0 Å². The molecule has 2 unspecified atom stereocenters. The normalized spacial score (nSPS) is 16.4. The molecule has 1 aliphatic heterocycles. The van der Waals surface area contributed by atoms with Crippen molar-refractivity contribution < 1.29 is 23.5 Å². The summed E-state index contributed by atoms with van der Waals surface area (Å²) in [6, 6.07) is 20.3. The van der Waals surface area contributed by atoms with Gasteiger partial charge in [-0.1, -0.05) is 42.5 Å². The smallest absolute Gasteiger partial charge is 0.227 e. The second-order valence-electron chi connectivity index (χ2n) is 7.85. The summed E-state index contributed by atoms with van der Waals surface area (Å²) in [4.78, 5) is 27.6. The summed E-state index contributed by atoms with van der Waals surface area (Å²) >= 11 is 0. The number of anilines is 1. The molecule has 1 saturated heterocycles. The Morgan fingerprint density at radius 2 is 1.70 bits per heavy atom. The van der Waals surface area contributed by atoms with E-state index in [1.807, 2.05) is 30.3 Å². The summed E-state index contributed by atoms with van der Waals surface area (Å²) in [5.74, 6) is -0.183. The first-order valence-corrected chi connectivity index (χ1v) is 10.6. The Hall–Kier alpha value is -3.87. The van der Waals surface area contributed by atoms with Crippen LogP contribution in [-0.2, 0) is 9.59 Å². The van der Waals surface area contributed by atoms with Gasteiger partial charge in [0.15, 0.2) is 0 Å². The predicted molar refractivity (Wildman–Crippen MR) is 123 cm³/mol. The molecule has 1 fully saturated rings. The minimum atomic E-state index is -0.542. The summed E-state index contributed by atoms with van der Waals surface area (Å²) < 4.78 is 24.2. The Morgan fingerprint density at radius 1 is 1.00 bits per heavy atom. The molecule has 0 aromatic heterocycles. The van der Waals surface area contributed by atoms with Gasteiger partial charge in [-0.15, -0.1) is 0 Å². The molecule has 1 aliphatic rings. The molecule has 7 heteroatoms. The number of nitrogens with one attached hydrogen (secondary N) is 1. The van der Waals surface area contributed by atoms with Crippen LogP contribution < -0.4 is 19.7 Å². The van der Waals surface area contributed by atoms with Crippen molar-refractivity contribution in [3.8, 4) is 11.5 Å². The van der Waals surface area contributed by atoms with E-state index in [9.17, 15) is 14.0 Å². The van der Waals surface area contributed by atoms with E-state index in [2.05, 4.69) is 5.32 Å². The van der Waals surface area contributed by atoms with Gasteiger partial charge in [-0.3, -0.25) is 9.59 Å². The predicted octanol–water partition coefficient (Wildman–Crippen LogP) is 4.10. The average molecular weight is 448 g/mol. The molecule has 3 aromatic rings. The molecule has 0 spiro atoms. The number of nitrogens with zero attached hydrogens (tertiary/aromatic N) is 1. The maximum absolute atomic E-state index is 13.5. The fourth-order valence-corrected chi connectivity index (χ4v) is 4.04. The molecule has 0 saturated carbocycles. The van der Waals surface area contributed by atoms with Crippen LogP contribution in [0.25, 0.3) is 0 Å². The number of halogens is 1. The number of benzene rings is 3. The van der Waals surface area contributed by atoms with Crippen molar-refractivity contribution in [1.82, 2.24) is 5.32 Å². The molecular formula is C26H25FN2O4. The maximum Gasteiger partial charge on any atom is 0.227 e. The fraction of sp³-hybridized carbons (Fsp3) is 0.231. The van der Waals surface area contributed by atoms with E-state index in [0.29, 0.717) is 17.2 Å². The van der Waals surface area contributed by atoms with E-state index in [1.165, 1.54) is 19.2 Å². The molecule has 2 atom stereocenters. The lowest BCUT2D eigenvalue weighted by molar-refractivity contribution is -0.126. The Bertz CT molecular complexity index is 1130. The Balaban J connectivity index is 1.56. The lowest BCUT2D eigenvalue weighted by Gasteiger charge is -2.23. The zero-order valence-electron chi connectivity index (χ0n) is 18.5. The van der Waals surface area contributed by atoms with Gasteiger partial charge < -0.3 is 19.7 Å². The number of carbonyl (C=O) groups is 2. The van der Waals surface area contributed by atoms with Crippen molar-refractivity contribution >= 4 is 17.5 Å². The molecule has 1 N–H and O–H groups in total. The highest BCUT2D eigenvalue weighted by Crippen LogP contribution is 2.36. The average Bonchev–Trinajstić information content (AvgIpc) is 3.24. The summed E-state index contributed by atoms with van der Waals surface area (Å²) in [5, 5.41) is 3.06. The molecule has 0 bridgehead atoms. The number of rotatable bonds is 7. The molecule has 170 valence electrons. The van der Waals surface area contributed by atoms with E-state index < -0.39 is 12.0 Å². The quantitative estimate of drug-likeness (QED) is 0.591. The minimum absolute atomic E-state index is 0.0805. The van der Waals surface area contributed by atoms with Crippen LogP contribution in [0.15, 0.2) is 72.8 Å². The summed E-state index contributed by atoms with van der Waals surface area (Å²) in [5.41, 5.74) is 2.19. The van der Waals surface area contributed by atoms with Crippen molar-refractivity contribution in [3.05, 3.63) is 89.7 Å². The molecular weight excluding hydrogens is 423 g/mol. The van der Waals surface area contributed by atoms with Crippen LogP contribution in [0.5, 0.6) is 11.5 Å². The van der Waals surface area contributed by atoms with Crippen LogP contribution in [-0.4, -0.2) is 32.6 Å². The monoisotopic (exact) mass is 448 g/mol. The highest BCUT2D eigenvalue weighted by molar-refractivity contribution is 6.01. The van der Waals surface area contributed by atoms with E-state index in [1.54, 1.807) is 42.3 Å². The van der Waals surface area contributed by atoms with Crippen LogP contribution in [0.4, 0.5) is 10.1 Å². The van der Waals surface area contributed by atoms with E-state index in [4.69, 9.17) is 9.47 Å². The highest BCUT2D eigenvalue weighted by atomic mass is 19.1. The topological polar surface area (TPSA) is 67.9 Å². The summed E-state index contributed by atoms with van der Waals surface area (Å²) in [7, 11) is 3.08. The van der Waals surface area contributed by atoms with Crippen molar-refractivity contribution in [3.63, 3.8) is 0 Å². The van der Waals surface area contributed by atoms with Crippen LogP contribution in [0.2, 0.25) is 0 Å². The lowest BCUT2D eigenvalue weighted by atomic mass is 9.97. The third kappa shape index (κ3) is 4.82. The Kier molecular flexibility index (Phi) is 6.58. The number of ether oxygens (including phenoxy) is 2. The second-order valence-corrected chi connectivity index (χ2v) is 7.85.